The quantitative estimate of drug-likeness (QED) is 0.250. The SMILES string of the molecule is O=C1N/C(=C/c2ccccc2OCc2cccc([N+](=O)[O-])c2)C(=O)N1Cc1ccccc1F. The number of ether oxygens (including phenoxy) is 1. The molecule has 1 saturated heterocycles. The lowest BCUT2D eigenvalue weighted by Crippen LogP contribution is -2.30. The standard InChI is InChI=1S/C24H18FN3O5/c25-20-10-3-1-8-18(20)14-27-23(29)21(26-24(27)30)13-17-7-2-4-11-22(17)33-15-16-6-5-9-19(12-16)28(31)32/h1-13H,14-15H2,(H,26,30)/b21-13+. The van der Waals surface area contributed by atoms with Crippen LogP contribution in [0.5, 0.6) is 5.75 Å². The molecule has 0 radical (unpaired) electrons. The largest absolute Gasteiger partial charge is 0.488 e. The molecule has 9 heteroatoms. The highest BCUT2D eigenvalue weighted by atomic mass is 19.1. The van der Waals surface area contributed by atoms with Gasteiger partial charge in [0.2, 0.25) is 0 Å². The van der Waals surface area contributed by atoms with Crippen molar-refractivity contribution in [2.45, 2.75) is 13.2 Å². The Labute approximate surface area is 188 Å². The predicted octanol–water partition coefficient (Wildman–Crippen LogP) is 4.41. The summed E-state index contributed by atoms with van der Waals surface area (Å²) < 4.78 is 19.8. The van der Waals surface area contributed by atoms with E-state index in [2.05, 4.69) is 5.32 Å². The number of nitro benzene ring substituents is 1. The molecule has 8 nitrogen and oxygen atoms in total. The van der Waals surface area contributed by atoms with Gasteiger partial charge in [0, 0.05) is 23.3 Å². The van der Waals surface area contributed by atoms with E-state index in [-0.39, 0.29) is 30.1 Å². The van der Waals surface area contributed by atoms with Gasteiger partial charge in [-0.2, -0.15) is 0 Å². The highest BCUT2D eigenvalue weighted by molar-refractivity contribution is 6.14. The maximum Gasteiger partial charge on any atom is 0.329 e. The number of nitro groups is 1. The first-order valence-electron chi connectivity index (χ1n) is 9.95. The zero-order valence-electron chi connectivity index (χ0n) is 17.2. The van der Waals surface area contributed by atoms with Crippen LogP contribution < -0.4 is 10.1 Å². The van der Waals surface area contributed by atoms with Crippen molar-refractivity contribution >= 4 is 23.7 Å². The second-order valence-corrected chi connectivity index (χ2v) is 7.22. The third kappa shape index (κ3) is 4.87. The lowest BCUT2D eigenvalue weighted by Gasteiger charge is -2.12. The van der Waals surface area contributed by atoms with Crippen LogP contribution in [0.25, 0.3) is 6.08 Å². The topological polar surface area (TPSA) is 102 Å². The summed E-state index contributed by atoms with van der Waals surface area (Å²) in [6.07, 6.45) is 1.48. The lowest BCUT2D eigenvalue weighted by molar-refractivity contribution is -0.384. The molecular formula is C24H18FN3O5. The Balaban J connectivity index is 1.52. The van der Waals surface area contributed by atoms with Crippen molar-refractivity contribution < 1.29 is 23.6 Å². The molecule has 1 fully saturated rings. The summed E-state index contributed by atoms with van der Waals surface area (Å²) in [5, 5.41) is 13.5. The van der Waals surface area contributed by atoms with Crippen LogP contribution in [-0.4, -0.2) is 21.8 Å². The maximum absolute atomic E-state index is 13.9. The van der Waals surface area contributed by atoms with E-state index in [9.17, 15) is 24.1 Å². The van der Waals surface area contributed by atoms with Crippen molar-refractivity contribution in [1.29, 1.82) is 0 Å². The van der Waals surface area contributed by atoms with Gasteiger partial charge in [-0.1, -0.05) is 48.5 Å². The molecule has 0 atom stereocenters. The summed E-state index contributed by atoms with van der Waals surface area (Å²) in [4.78, 5) is 36.5. The number of urea groups is 1. The summed E-state index contributed by atoms with van der Waals surface area (Å²) >= 11 is 0. The summed E-state index contributed by atoms with van der Waals surface area (Å²) in [7, 11) is 0. The minimum Gasteiger partial charge on any atom is -0.488 e. The van der Waals surface area contributed by atoms with Crippen molar-refractivity contribution in [3.8, 4) is 5.75 Å². The smallest absolute Gasteiger partial charge is 0.329 e. The third-order valence-corrected chi connectivity index (χ3v) is 4.98. The number of para-hydroxylation sites is 1. The molecule has 1 aliphatic heterocycles. The Bertz CT molecular complexity index is 1270. The van der Waals surface area contributed by atoms with Gasteiger partial charge in [0.15, 0.2) is 0 Å². The summed E-state index contributed by atoms with van der Waals surface area (Å²) in [6, 6.07) is 18.2. The number of nitrogens with zero attached hydrogens (tertiary/aromatic N) is 2. The second-order valence-electron chi connectivity index (χ2n) is 7.22. The van der Waals surface area contributed by atoms with Crippen LogP contribution in [0.1, 0.15) is 16.7 Å². The fourth-order valence-corrected chi connectivity index (χ4v) is 3.32. The van der Waals surface area contributed by atoms with Crippen LogP contribution in [0.2, 0.25) is 0 Å². The average molecular weight is 447 g/mol. The van der Waals surface area contributed by atoms with Crippen LogP contribution in [0.4, 0.5) is 14.9 Å². The van der Waals surface area contributed by atoms with Crippen molar-refractivity contribution in [1.82, 2.24) is 10.2 Å². The number of carbonyl (C=O) groups excluding carboxylic acids is 2. The van der Waals surface area contributed by atoms with Crippen LogP contribution in [-0.2, 0) is 17.9 Å². The molecule has 0 saturated carbocycles. The first-order chi connectivity index (χ1) is 15.9. The molecular weight excluding hydrogens is 429 g/mol. The number of carbonyl (C=O) groups is 2. The van der Waals surface area contributed by atoms with E-state index in [1.54, 1.807) is 42.5 Å². The van der Waals surface area contributed by atoms with E-state index in [0.29, 0.717) is 16.9 Å². The number of nitrogens with one attached hydrogen (secondary N) is 1. The molecule has 3 aromatic rings. The Kier molecular flexibility index (Phi) is 6.12. The van der Waals surface area contributed by atoms with E-state index < -0.39 is 22.7 Å². The van der Waals surface area contributed by atoms with Crippen molar-refractivity contribution in [3.63, 3.8) is 0 Å². The third-order valence-electron chi connectivity index (χ3n) is 4.98. The Morgan fingerprint density at radius 2 is 1.79 bits per heavy atom. The van der Waals surface area contributed by atoms with Crippen LogP contribution >= 0.6 is 0 Å². The van der Waals surface area contributed by atoms with Gasteiger partial charge in [-0.05, 0) is 23.8 Å². The van der Waals surface area contributed by atoms with Crippen LogP contribution in [0.15, 0.2) is 78.5 Å². The Hall–Kier alpha value is -4.53. The normalized spacial score (nSPS) is 14.5. The first kappa shape index (κ1) is 21.7. The number of hydrogen-bond acceptors (Lipinski definition) is 5. The predicted molar refractivity (Wildman–Crippen MR) is 117 cm³/mol. The fourth-order valence-electron chi connectivity index (χ4n) is 3.32. The molecule has 1 aliphatic rings. The summed E-state index contributed by atoms with van der Waals surface area (Å²) in [5.41, 5.74) is 1.35. The second kappa shape index (κ2) is 9.31. The van der Waals surface area contributed by atoms with Gasteiger partial charge < -0.3 is 10.1 Å². The van der Waals surface area contributed by atoms with Crippen LogP contribution in [0, 0.1) is 15.9 Å². The molecule has 0 aliphatic carbocycles. The van der Waals surface area contributed by atoms with Gasteiger partial charge in [0.1, 0.15) is 23.9 Å². The Morgan fingerprint density at radius 1 is 1.03 bits per heavy atom. The molecule has 0 bridgehead atoms. The number of benzene rings is 3. The minimum atomic E-state index is -0.649. The van der Waals surface area contributed by atoms with E-state index >= 15 is 0 Å². The molecule has 4 rings (SSSR count). The molecule has 166 valence electrons. The molecule has 0 unspecified atom stereocenters. The molecule has 1 heterocycles. The number of non-ortho nitro benzene ring substituents is 1. The molecule has 0 aromatic heterocycles. The molecule has 33 heavy (non-hydrogen) atoms. The monoisotopic (exact) mass is 447 g/mol. The van der Waals surface area contributed by atoms with Gasteiger partial charge >= 0.3 is 6.03 Å². The van der Waals surface area contributed by atoms with Gasteiger partial charge in [0.25, 0.3) is 11.6 Å². The highest BCUT2D eigenvalue weighted by Gasteiger charge is 2.34. The summed E-state index contributed by atoms with van der Waals surface area (Å²) in [5.74, 6) is -0.668. The zero-order valence-corrected chi connectivity index (χ0v) is 17.2. The van der Waals surface area contributed by atoms with Gasteiger partial charge in [0.05, 0.1) is 11.5 Å². The molecule has 1 N–H and O–H groups in total. The fraction of sp³-hybridized carbons (Fsp3) is 0.0833. The van der Waals surface area contributed by atoms with E-state index in [4.69, 9.17) is 4.74 Å². The van der Waals surface area contributed by atoms with Crippen molar-refractivity contribution in [2.75, 3.05) is 0 Å². The van der Waals surface area contributed by atoms with Crippen molar-refractivity contribution in [3.05, 3.63) is 111 Å². The van der Waals surface area contributed by atoms with E-state index in [1.807, 2.05) is 0 Å². The lowest BCUT2D eigenvalue weighted by atomic mass is 10.1. The number of rotatable bonds is 7. The van der Waals surface area contributed by atoms with Gasteiger partial charge in [-0.25, -0.2) is 9.18 Å². The van der Waals surface area contributed by atoms with Crippen molar-refractivity contribution in [2.24, 2.45) is 0 Å². The molecule has 3 aromatic carbocycles. The number of imide groups is 1. The highest BCUT2D eigenvalue weighted by Crippen LogP contribution is 2.25. The number of amides is 3. The number of halogens is 1. The summed E-state index contributed by atoms with van der Waals surface area (Å²) in [6.45, 7) is -0.124. The van der Waals surface area contributed by atoms with E-state index in [0.717, 1.165) is 4.90 Å². The van der Waals surface area contributed by atoms with Crippen LogP contribution in [0.3, 0.4) is 0 Å². The zero-order chi connectivity index (χ0) is 23.4. The number of hydrogen-bond donors (Lipinski definition) is 1. The van der Waals surface area contributed by atoms with Gasteiger partial charge in [-0.3, -0.25) is 19.8 Å². The molecule has 0 spiro atoms. The van der Waals surface area contributed by atoms with Gasteiger partial charge in [-0.15, -0.1) is 0 Å². The van der Waals surface area contributed by atoms with E-state index in [1.165, 1.54) is 36.4 Å². The maximum atomic E-state index is 13.9. The first-order valence-corrected chi connectivity index (χ1v) is 9.95. The minimum absolute atomic E-state index is 0.0303. The average Bonchev–Trinajstić information content (AvgIpc) is 3.07. The molecule has 3 amide bonds. The Morgan fingerprint density at radius 3 is 2.58 bits per heavy atom.